The zero-order valence-corrected chi connectivity index (χ0v) is 19.4. The molecule has 0 spiro atoms. The first-order valence-electron chi connectivity index (χ1n) is 10.8. The minimum atomic E-state index is -4.72. The lowest BCUT2D eigenvalue weighted by molar-refractivity contribution is -0.139. The molecule has 0 unspecified atom stereocenters. The van der Waals surface area contributed by atoms with Crippen molar-refractivity contribution in [3.8, 4) is 22.7 Å². The van der Waals surface area contributed by atoms with Crippen LogP contribution in [0.1, 0.15) is 5.56 Å². The molecule has 5 rings (SSSR count). The molecule has 0 atom stereocenters. The van der Waals surface area contributed by atoms with E-state index in [-0.39, 0.29) is 21.9 Å². The fraction of sp³-hybridized carbons (Fsp3) is 0.0370. The fourth-order valence-corrected chi connectivity index (χ4v) is 4.91. The van der Waals surface area contributed by atoms with E-state index in [0.29, 0.717) is 17.3 Å². The maximum atomic E-state index is 14.1. The number of fused-ring (bicyclic) bond motifs is 1. The van der Waals surface area contributed by atoms with Crippen LogP contribution in [0.15, 0.2) is 109 Å². The van der Waals surface area contributed by atoms with Crippen molar-refractivity contribution in [2.24, 2.45) is 0 Å². The van der Waals surface area contributed by atoms with Crippen LogP contribution in [0.25, 0.3) is 27.9 Å². The molecule has 0 aliphatic carbocycles. The summed E-state index contributed by atoms with van der Waals surface area (Å²) in [6, 6.07) is 19.6. The molecule has 37 heavy (non-hydrogen) atoms. The van der Waals surface area contributed by atoms with Gasteiger partial charge in [-0.05, 0) is 35.9 Å². The van der Waals surface area contributed by atoms with Crippen molar-refractivity contribution in [1.82, 2.24) is 4.57 Å². The first-order chi connectivity index (χ1) is 17.6. The van der Waals surface area contributed by atoms with Crippen molar-refractivity contribution in [3.63, 3.8) is 0 Å². The van der Waals surface area contributed by atoms with Crippen LogP contribution >= 0.6 is 11.8 Å². The Morgan fingerprint density at radius 2 is 1.57 bits per heavy atom. The molecule has 186 valence electrons. The second-order valence-corrected chi connectivity index (χ2v) is 8.97. The van der Waals surface area contributed by atoms with Crippen molar-refractivity contribution in [3.05, 3.63) is 117 Å². The van der Waals surface area contributed by atoms with Gasteiger partial charge in [0.1, 0.15) is 21.7 Å². The van der Waals surface area contributed by atoms with Crippen LogP contribution in [-0.4, -0.2) is 9.67 Å². The summed E-state index contributed by atoms with van der Waals surface area (Å²) in [7, 11) is 0. The van der Waals surface area contributed by atoms with Crippen molar-refractivity contribution in [2.75, 3.05) is 0 Å². The second-order valence-electron chi connectivity index (χ2n) is 7.92. The standard InChI is InChI=1S/C27H15F4NO4S/c28-16-9-6-10-17(13-16)32-19(15-7-2-1-3-8-15)14-20-22(25(32)34)23(33)24(26(35)36-20)37-21-12-5-4-11-18(21)27(29,30)31/h1-14,33H. The molecule has 5 aromatic rings. The summed E-state index contributed by atoms with van der Waals surface area (Å²) in [6.45, 7) is 0. The van der Waals surface area contributed by atoms with Crippen LogP contribution in [0, 0.1) is 5.82 Å². The third kappa shape index (κ3) is 4.51. The molecular weight excluding hydrogens is 510 g/mol. The summed E-state index contributed by atoms with van der Waals surface area (Å²) in [5, 5.41) is 10.6. The summed E-state index contributed by atoms with van der Waals surface area (Å²) in [6.07, 6.45) is -4.72. The first-order valence-corrected chi connectivity index (χ1v) is 11.6. The van der Waals surface area contributed by atoms with E-state index in [2.05, 4.69) is 0 Å². The Hall–Kier alpha value is -4.31. The molecular formula is C27H15F4NO4S. The predicted molar refractivity (Wildman–Crippen MR) is 131 cm³/mol. The van der Waals surface area contributed by atoms with Crippen molar-refractivity contribution >= 4 is 22.7 Å². The summed E-state index contributed by atoms with van der Waals surface area (Å²) in [5.74, 6) is -1.45. The first kappa shape index (κ1) is 24.4. The van der Waals surface area contributed by atoms with Crippen molar-refractivity contribution in [2.45, 2.75) is 16.0 Å². The van der Waals surface area contributed by atoms with Crippen LogP contribution in [-0.2, 0) is 6.18 Å². The van der Waals surface area contributed by atoms with E-state index in [1.807, 2.05) is 0 Å². The molecule has 10 heteroatoms. The number of hydrogen-bond acceptors (Lipinski definition) is 5. The summed E-state index contributed by atoms with van der Waals surface area (Å²) in [4.78, 5) is 25.6. The molecule has 0 bridgehead atoms. The fourth-order valence-electron chi connectivity index (χ4n) is 3.93. The molecule has 0 amide bonds. The van der Waals surface area contributed by atoms with Crippen LogP contribution in [0.5, 0.6) is 5.75 Å². The minimum absolute atomic E-state index is 0.132. The van der Waals surface area contributed by atoms with E-state index in [0.717, 1.165) is 22.8 Å². The largest absolute Gasteiger partial charge is 0.505 e. The molecule has 0 aliphatic rings. The Kier molecular flexibility index (Phi) is 6.12. The zero-order chi connectivity index (χ0) is 26.3. The van der Waals surface area contributed by atoms with Crippen molar-refractivity contribution in [1.29, 1.82) is 0 Å². The summed E-state index contributed by atoms with van der Waals surface area (Å²) in [5.41, 5.74) is -2.35. The van der Waals surface area contributed by atoms with Gasteiger partial charge in [-0.15, -0.1) is 0 Å². The molecule has 0 fully saturated rings. The van der Waals surface area contributed by atoms with Crippen LogP contribution < -0.4 is 11.2 Å². The molecule has 0 saturated heterocycles. The van der Waals surface area contributed by atoms with E-state index >= 15 is 0 Å². The lowest BCUT2D eigenvalue weighted by atomic mass is 10.1. The second kappa shape index (κ2) is 9.29. The molecule has 3 aromatic carbocycles. The highest BCUT2D eigenvalue weighted by molar-refractivity contribution is 7.99. The van der Waals surface area contributed by atoms with Gasteiger partial charge in [-0.25, -0.2) is 9.18 Å². The highest BCUT2D eigenvalue weighted by Gasteiger charge is 2.34. The number of rotatable bonds is 4. The van der Waals surface area contributed by atoms with Gasteiger partial charge in [0.15, 0.2) is 5.75 Å². The molecule has 2 heterocycles. The number of hydrogen-bond donors (Lipinski definition) is 1. The van der Waals surface area contributed by atoms with Gasteiger partial charge in [-0.3, -0.25) is 9.36 Å². The SMILES string of the molecule is O=c1oc2cc(-c3ccccc3)n(-c3cccc(F)c3)c(=O)c2c(O)c1Sc1ccccc1C(F)(F)F. The summed E-state index contributed by atoms with van der Waals surface area (Å²) >= 11 is 0.338. The maximum absolute atomic E-state index is 14.1. The van der Waals surface area contributed by atoms with E-state index in [9.17, 15) is 32.3 Å². The Labute approximate surface area is 210 Å². The van der Waals surface area contributed by atoms with E-state index in [1.54, 1.807) is 30.3 Å². The number of aromatic hydroxyl groups is 1. The number of benzene rings is 3. The Morgan fingerprint density at radius 1 is 0.865 bits per heavy atom. The molecule has 1 N–H and O–H groups in total. The Balaban J connectivity index is 1.80. The highest BCUT2D eigenvalue weighted by atomic mass is 32.2. The lowest BCUT2D eigenvalue weighted by Gasteiger charge is -2.16. The molecule has 0 radical (unpaired) electrons. The van der Waals surface area contributed by atoms with Gasteiger partial charge in [-0.2, -0.15) is 13.2 Å². The minimum Gasteiger partial charge on any atom is -0.505 e. The van der Waals surface area contributed by atoms with E-state index in [1.165, 1.54) is 36.4 Å². The van der Waals surface area contributed by atoms with Gasteiger partial charge in [0.05, 0.1) is 16.9 Å². The smallest absolute Gasteiger partial charge is 0.417 e. The number of halogens is 4. The lowest BCUT2D eigenvalue weighted by Crippen LogP contribution is -2.22. The molecule has 5 nitrogen and oxygen atoms in total. The normalized spacial score (nSPS) is 11.7. The summed E-state index contributed by atoms with van der Waals surface area (Å²) < 4.78 is 61.0. The zero-order valence-electron chi connectivity index (χ0n) is 18.6. The predicted octanol–water partition coefficient (Wildman–Crippen LogP) is 6.63. The topological polar surface area (TPSA) is 72.4 Å². The van der Waals surface area contributed by atoms with Gasteiger partial charge < -0.3 is 9.52 Å². The van der Waals surface area contributed by atoms with E-state index < -0.39 is 44.8 Å². The van der Waals surface area contributed by atoms with Gasteiger partial charge in [0.25, 0.3) is 5.56 Å². The number of pyridine rings is 1. The molecule has 2 aromatic heterocycles. The maximum Gasteiger partial charge on any atom is 0.417 e. The Bertz CT molecular complexity index is 1760. The quantitative estimate of drug-likeness (QED) is 0.267. The molecule has 0 aliphatic heterocycles. The third-order valence-electron chi connectivity index (χ3n) is 5.55. The average Bonchev–Trinajstić information content (AvgIpc) is 2.86. The third-order valence-corrected chi connectivity index (χ3v) is 6.69. The number of nitrogens with zero attached hydrogens (tertiary/aromatic N) is 1. The number of alkyl halides is 3. The molecule has 0 saturated carbocycles. The average molecular weight is 525 g/mol. The van der Waals surface area contributed by atoms with Gasteiger partial charge in [0, 0.05) is 11.0 Å². The van der Waals surface area contributed by atoms with Gasteiger partial charge in [0.2, 0.25) is 0 Å². The number of aromatic nitrogens is 1. The van der Waals surface area contributed by atoms with Crippen molar-refractivity contribution < 1.29 is 27.1 Å². The van der Waals surface area contributed by atoms with E-state index in [4.69, 9.17) is 4.42 Å². The van der Waals surface area contributed by atoms with Gasteiger partial charge in [-0.1, -0.05) is 60.3 Å². The van der Waals surface area contributed by atoms with Gasteiger partial charge >= 0.3 is 11.8 Å². The highest BCUT2D eigenvalue weighted by Crippen LogP contribution is 2.42. The van der Waals surface area contributed by atoms with Crippen LogP contribution in [0.2, 0.25) is 0 Å². The van der Waals surface area contributed by atoms with Crippen LogP contribution in [0.4, 0.5) is 17.6 Å². The Morgan fingerprint density at radius 3 is 2.27 bits per heavy atom. The monoisotopic (exact) mass is 525 g/mol. The van der Waals surface area contributed by atoms with Crippen LogP contribution in [0.3, 0.4) is 0 Å².